The normalized spacial score (nSPS) is 33.4. The van der Waals surface area contributed by atoms with Crippen molar-refractivity contribution in [1.29, 1.82) is 0 Å². The zero-order valence-electron chi connectivity index (χ0n) is 11.3. The first-order valence-corrected chi connectivity index (χ1v) is 7.28. The summed E-state index contributed by atoms with van der Waals surface area (Å²) < 4.78 is 5.62. The van der Waals surface area contributed by atoms with E-state index in [0.717, 1.165) is 32.3 Å². The Morgan fingerprint density at radius 3 is 2.89 bits per heavy atom. The number of aliphatic hydroxyl groups is 1. The van der Waals surface area contributed by atoms with Crippen LogP contribution in [0.3, 0.4) is 0 Å². The molecule has 0 spiro atoms. The quantitative estimate of drug-likeness (QED) is 0.832. The Hall–Kier alpha value is -0.610. The maximum Gasteiger partial charge on any atom is 0.225 e. The molecule has 0 bridgehead atoms. The average Bonchev–Trinajstić information content (AvgIpc) is 2.40. The summed E-state index contributed by atoms with van der Waals surface area (Å²) in [7, 11) is 0. The van der Waals surface area contributed by atoms with Gasteiger partial charge in [0.2, 0.25) is 5.91 Å². The van der Waals surface area contributed by atoms with E-state index < -0.39 is 0 Å². The van der Waals surface area contributed by atoms with Crippen molar-refractivity contribution >= 4 is 5.91 Å². The molecular weight excluding hydrogens is 230 g/mol. The topological polar surface area (TPSA) is 49.8 Å². The number of carbonyl (C=O) groups is 1. The molecule has 4 nitrogen and oxygen atoms in total. The number of carbonyl (C=O) groups excluding carboxylic acids is 1. The molecule has 0 aromatic carbocycles. The Labute approximate surface area is 109 Å². The van der Waals surface area contributed by atoms with E-state index in [-0.39, 0.29) is 24.0 Å². The van der Waals surface area contributed by atoms with Crippen molar-refractivity contribution < 1.29 is 14.6 Å². The van der Waals surface area contributed by atoms with Crippen LogP contribution in [0.1, 0.15) is 45.4 Å². The van der Waals surface area contributed by atoms with Gasteiger partial charge in [-0.3, -0.25) is 4.79 Å². The summed E-state index contributed by atoms with van der Waals surface area (Å²) in [6.45, 7) is 4.28. The number of nitrogens with zero attached hydrogens (tertiary/aromatic N) is 1. The third kappa shape index (κ3) is 3.45. The van der Waals surface area contributed by atoms with Crippen LogP contribution in [0, 0.1) is 5.92 Å². The fourth-order valence-electron chi connectivity index (χ4n) is 2.94. The van der Waals surface area contributed by atoms with Crippen molar-refractivity contribution in [3.63, 3.8) is 0 Å². The van der Waals surface area contributed by atoms with Crippen molar-refractivity contribution in [2.24, 2.45) is 5.92 Å². The zero-order chi connectivity index (χ0) is 13.0. The Morgan fingerprint density at radius 2 is 2.22 bits per heavy atom. The largest absolute Gasteiger partial charge is 0.393 e. The third-order valence-corrected chi connectivity index (χ3v) is 4.25. The lowest BCUT2D eigenvalue weighted by atomic mass is 9.92. The molecule has 0 saturated carbocycles. The van der Waals surface area contributed by atoms with Gasteiger partial charge in [-0.25, -0.2) is 0 Å². The molecule has 1 amide bonds. The summed E-state index contributed by atoms with van der Waals surface area (Å²) in [5, 5.41) is 9.83. The number of aliphatic hydroxyl groups excluding tert-OH is 1. The number of hydrogen-bond acceptors (Lipinski definition) is 3. The SMILES string of the molecule is CCC1CN(C(=O)CC2CCCCO2)CCC1O. The molecule has 3 unspecified atom stereocenters. The van der Waals surface area contributed by atoms with Gasteiger partial charge in [0.25, 0.3) is 0 Å². The van der Waals surface area contributed by atoms with Crippen LogP contribution in [-0.4, -0.2) is 47.8 Å². The second-order valence-electron chi connectivity index (χ2n) is 5.56. The van der Waals surface area contributed by atoms with Crippen molar-refractivity contribution in [3.05, 3.63) is 0 Å². The molecule has 2 heterocycles. The molecule has 2 saturated heterocycles. The molecule has 1 N–H and O–H groups in total. The highest BCUT2D eigenvalue weighted by Crippen LogP contribution is 2.22. The molecule has 104 valence electrons. The van der Waals surface area contributed by atoms with Crippen LogP contribution in [0.15, 0.2) is 0 Å². The maximum absolute atomic E-state index is 12.2. The molecule has 0 aliphatic carbocycles. The van der Waals surface area contributed by atoms with Gasteiger partial charge in [-0.05, 0) is 32.1 Å². The van der Waals surface area contributed by atoms with E-state index in [1.54, 1.807) is 0 Å². The number of piperidine rings is 1. The summed E-state index contributed by atoms with van der Waals surface area (Å²) in [5.74, 6) is 0.447. The predicted molar refractivity (Wildman–Crippen MR) is 69.2 cm³/mol. The molecule has 0 aromatic rings. The molecule has 18 heavy (non-hydrogen) atoms. The van der Waals surface area contributed by atoms with Gasteiger partial charge < -0.3 is 14.7 Å². The van der Waals surface area contributed by atoms with Crippen molar-refractivity contribution in [2.45, 2.75) is 57.7 Å². The van der Waals surface area contributed by atoms with Crippen molar-refractivity contribution in [3.8, 4) is 0 Å². The molecule has 0 aromatic heterocycles. The van der Waals surface area contributed by atoms with Gasteiger partial charge in [0, 0.05) is 25.6 Å². The van der Waals surface area contributed by atoms with Gasteiger partial charge in [-0.1, -0.05) is 6.92 Å². The first-order valence-electron chi connectivity index (χ1n) is 7.28. The Balaban J connectivity index is 1.81. The first-order chi connectivity index (χ1) is 8.70. The molecule has 2 rings (SSSR count). The van der Waals surface area contributed by atoms with Crippen LogP contribution in [0.25, 0.3) is 0 Å². The second-order valence-corrected chi connectivity index (χ2v) is 5.56. The van der Waals surface area contributed by atoms with Crippen LogP contribution >= 0.6 is 0 Å². The smallest absolute Gasteiger partial charge is 0.225 e. The molecule has 0 radical (unpaired) electrons. The van der Waals surface area contributed by atoms with E-state index in [1.807, 2.05) is 4.90 Å². The highest BCUT2D eigenvalue weighted by atomic mass is 16.5. The fraction of sp³-hybridized carbons (Fsp3) is 0.929. The van der Waals surface area contributed by atoms with Crippen LogP contribution in [-0.2, 0) is 9.53 Å². The molecule has 2 aliphatic rings. The van der Waals surface area contributed by atoms with Crippen LogP contribution in [0.2, 0.25) is 0 Å². The number of likely N-dealkylation sites (tertiary alicyclic amines) is 1. The van der Waals surface area contributed by atoms with E-state index >= 15 is 0 Å². The van der Waals surface area contributed by atoms with E-state index in [0.29, 0.717) is 19.5 Å². The monoisotopic (exact) mass is 255 g/mol. The minimum Gasteiger partial charge on any atom is -0.393 e. The summed E-state index contributed by atoms with van der Waals surface area (Å²) in [5.41, 5.74) is 0. The Morgan fingerprint density at radius 1 is 1.39 bits per heavy atom. The third-order valence-electron chi connectivity index (χ3n) is 4.25. The number of amides is 1. The fourth-order valence-corrected chi connectivity index (χ4v) is 2.94. The average molecular weight is 255 g/mol. The Bertz CT molecular complexity index is 276. The van der Waals surface area contributed by atoms with Crippen LogP contribution in [0.4, 0.5) is 0 Å². The minimum atomic E-state index is -0.231. The lowest BCUT2D eigenvalue weighted by Crippen LogP contribution is -2.46. The van der Waals surface area contributed by atoms with Gasteiger partial charge in [0.1, 0.15) is 0 Å². The molecule has 3 atom stereocenters. The van der Waals surface area contributed by atoms with Gasteiger partial charge in [-0.15, -0.1) is 0 Å². The summed E-state index contributed by atoms with van der Waals surface area (Å²) in [4.78, 5) is 14.1. The lowest BCUT2D eigenvalue weighted by Gasteiger charge is -2.36. The number of rotatable bonds is 3. The van der Waals surface area contributed by atoms with Gasteiger partial charge >= 0.3 is 0 Å². The first kappa shape index (κ1) is 13.8. The number of ether oxygens (including phenoxy) is 1. The van der Waals surface area contributed by atoms with Crippen molar-refractivity contribution in [1.82, 2.24) is 4.90 Å². The summed E-state index contributed by atoms with van der Waals surface area (Å²) in [6, 6.07) is 0. The molecule has 4 heteroatoms. The highest BCUT2D eigenvalue weighted by Gasteiger charge is 2.30. The highest BCUT2D eigenvalue weighted by molar-refractivity contribution is 5.76. The molecular formula is C14H25NO3. The van der Waals surface area contributed by atoms with E-state index in [9.17, 15) is 9.90 Å². The summed E-state index contributed by atoms with van der Waals surface area (Å²) >= 11 is 0. The van der Waals surface area contributed by atoms with Crippen LogP contribution < -0.4 is 0 Å². The Kier molecular flexibility index (Phi) is 5.01. The molecule has 2 fully saturated rings. The second kappa shape index (κ2) is 6.53. The number of hydrogen-bond donors (Lipinski definition) is 1. The van der Waals surface area contributed by atoms with Gasteiger partial charge in [0.05, 0.1) is 18.6 Å². The van der Waals surface area contributed by atoms with Gasteiger partial charge in [0.15, 0.2) is 0 Å². The maximum atomic E-state index is 12.2. The van der Waals surface area contributed by atoms with E-state index in [1.165, 1.54) is 6.42 Å². The van der Waals surface area contributed by atoms with Gasteiger partial charge in [-0.2, -0.15) is 0 Å². The lowest BCUT2D eigenvalue weighted by molar-refractivity contribution is -0.138. The molecule has 2 aliphatic heterocycles. The van der Waals surface area contributed by atoms with Crippen LogP contribution in [0.5, 0.6) is 0 Å². The van der Waals surface area contributed by atoms with E-state index in [2.05, 4.69) is 6.92 Å². The minimum absolute atomic E-state index is 0.123. The predicted octanol–water partition coefficient (Wildman–Crippen LogP) is 1.56. The summed E-state index contributed by atoms with van der Waals surface area (Å²) in [6.07, 6.45) is 5.38. The standard InChI is InChI=1S/C14H25NO3/c1-2-11-10-15(7-6-13(11)16)14(17)9-12-5-3-4-8-18-12/h11-13,16H,2-10H2,1H3. The van der Waals surface area contributed by atoms with E-state index in [4.69, 9.17) is 4.74 Å². The zero-order valence-corrected chi connectivity index (χ0v) is 11.3. The van der Waals surface area contributed by atoms with Crippen molar-refractivity contribution in [2.75, 3.05) is 19.7 Å².